The molecule has 0 spiro atoms. The first-order chi connectivity index (χ1) is 10.3. The molecular formula is C18H25N3. The van der Waals surface area contributed by atoms with E-state index in [2.05, 4.69) is 66.3 Å². The first-order valence-corrected chi connectivity index (χ1v) is 8.07. The molecule has 2 aromatic rings. The molecule has 1 aliphatic carbocycles. The maximum Gasteiger partial charge on any atom is 0.0624 e. The quantitative estimate of drug-likeness (QED) is 0.883. The number of nitrogens with zero attached hydrogens (tertiary/aromatic N) is 2. The molecule has 1 N–H and O–H groups in total. The molecule has 1 aromatic carbocycles. The Balaban J connectivity index is 1.78. The summed E-state index contributed by atoms with van der Waals surface area (Å²) in [5, 5.41) is 8.20. The topological polar surface area (TPSA) is 29.9 Å². The smallest absolute Gasteiger partial charge is 0.0624 e. The molecule has 2 unspecified atom stereocenters. The molecule has 2 atom stereocenters. The largest absolute Gasteiger partial charge is 0.316 e. The van der Waals surface area contributed by atoms with E-state index in [4.69, 9.17) is 0 Å². The van der Waals surface area contributed by atoms with E-state index in [0.29, 0.717) is 12.0 Å². The zero-order valence-electron chi connectivity index (χ0n) is 13.3. The maximum atomic E-state index is 4.67. The van der Waals surface area contributed by atoms with Gasteiger partial charge in [0.25, 0.3) is 0 Å². The fraction of sp³-hybridized carbons (Fsp3) is 0.500. The third-order valence-corrected chi connectivity index (χ3v) is 4.76. The summed E-state index contributed by atoms with van der Waals surface area (Å²) in [6.45, 7) is 5.29. The Hall–Kier alpha value is -1.61. The van der Waals surface area contributed by atoms with Crippen LogP contribution in [0.5, 0.6) is 0 Å². The zero-order chi connectivity index (χ0) is 14.8. The molecule has 0 saturated carbocycles. The zero-order valence-corrected chi connectivity index (χ0v) is 13.3. The van der Waals surface area contributed by atoms with Crippen LogP contribution in [-0.2, 0) is 25.8 Å². The number of aryl methyl sites for hydroxylation is 2. The molecule has 21 heavy (non-hydrogen) atoms. The third-order valence-electron chi connectivity index (χ3n) is 4.76. The van der Waals surface area contributed by atoms with Crippen molar-refractivity contribution in [2.45, 2.75) is 51.6 Å². The molecule has 3 heteroatoms. The summed E-state index contributed by atoms with van der Waals surface area (Å²) in [6.07, 6.45) is 3.26. The van der Waals surface area contributed by atoms with Crippen molar-refractivity contribution in [2.24, 2.45) is 0 Å². The van der Waals surface area contributed by atoms with E-state index in [9.17, 15) is 0 Å². The molecule has 0 aliphatic heterocycles. The molecule has 1 aliphatic rings. The molecule has 112 valence electrons. The molecule has 0 amide bonds. The summed E-state index contributed by atoms with van der Waals surface area (Å²) in [5.41, 5.74) is 5.60. The summed E-state index contributed by atoms with van der Waals surface area (Å²) in [6, 6.07) is 11.6. The van der Waals surface area contributed by atoms with Gasteiger partial charge in [-0.2, -0.15) is 5.10 Å². The van der Waals surface area contributed by atoms with Gasteiger partial charge in [0.05, 0.1) is 5.69 Å². The number of hydrogen-bond acceptors (Lipinski definition) is 2. The minimum atomic E-state index is 0.492. The minimum Gasteiger partial charge on any atom is -0.316 e. The van der Waals surface area contributed by atoms with Crippen molar-refractivity contribution in [3.63, 3.8) is 0 Å². The number of likely N-dealkylation sites (N-methyl/N-ethyl adjacent to an activating group) is 1. The van der Waals surface area contributed by atoms with Crippen molar-refractivity contribution in [1.82, 2.24) is 15.1 Å². The van der Waals surface area contributed by atoms with E-state index in [0.717, 1.165) is 19.4 Å². The monoisotopic (exact) mass is 283 g/mol. The van der Waals surface area contributed by atoms with E-state index in [1.807, 2.05) is 0 Å². The van der Waals surface area contributed by atoms with Gasteiger partial charge in [-0.05, 0) is 44.0 Å². The van der Waals surface area contributed by atoms with Crippen molar-refractivity contribution in [3.05, 3.63) is 52.8 Å². The normalized spacial score (nSPS) is 18.1. The molecule has 1 aromatic heterocycles. The summed E-state index contributed by atoms with van der Waals surface area (Å²) < 4.78 is 2.16. The molecule has 3 nitrogen and oxygen atoms in total. The standard InChI is InChI=1S/C18H25N3/c1-4-14-11-15(21(5-2)20-14)12-18(19-3)17-10-13-8-6-7-9-16(13)17/h6-9,11,17-19H,4-5,10,12H2,1-3H3. The van der Waals surface area contributed by atoms with E-state index in [1.165, 1.54) is 28.9 Å². The molecular weight excluding hydrogens is 258 g/mol. The van der Waals surface area contributed by atoms with Crippen molar-refractivity contribution >= 4 is 0 Å². The summed E-state index contributed by atoms with van der Waals surface area (Å²) in [7, 11) is 2.08. The molecule has 0 bridgehead atoms. The van der Waals surface area contributed by atoms with Gasteiger partial charge >= 0.3 is 0 Å². The first-order valence-electron chi connectivity index (χ1n) is 8.07. The van der Waals surface area contributed by atoms with Crippen LogP contribution in [-0.4, -0.2) is 22.9 Å². The van der Waals surface area contributed by atoms with Crippen molar-refractivity contribution in [3.8, 4) is 0 Å². The highest BCUT2D eigenvalue weighted by atomic mass is 15.3. The number of rotatable bonds is 6. The van der Waals surface area contributed by atoms with E-state index < -0.39 is 0 Å². The van der Waals surface area contributed by atoms with Gasteiger partial charge in [-0.25, -0.2) is 0 Å². The van der Waals surface area contributed by atoms with Gasteiger partial charge in [0.1, 0.15) is 0 Å². The van der Waals surface area contributed by atoms with Crippen molar-refractivity contribution < 1.29 is 0 Å². The Morgan fingerprint density at radius 1 is 1.33 bits per heavy atom. The molecule has 0 saturated heterocycles. The maximum absolute atomic E-state index is 4.67. The van der Waals surface area contributed by atoms with Crippen molar-refractivity contribution in [2.75, 3.05) is 7.05 Å². The highest BCUT2D eigenvalue weighted by molar-refractivity contribution is 5.41. The number of fused-ring (bicyclic) bond motifs is 1. The number of nitrogens with one attached hydrogen (secondary N) is 1. The Morgan fingerprint density at radius 3 is 2.81 bits per heavy atom. The second-order valence-electron chi connectivity index (χ2n) is 5.91. The Kier molecular flexibility index (Phi) is 4.11. The molecule has 1 heterocycles. The fourth-order valence-corrected chi connectivity index (χ4v) is 3.45. The second kappa shape index (κ2) is 6.02. The van der Waals surface area contributed by atoms with Crippen LogP contribution in [0.2, 0.25) is 0 Å². The van der Waals surface area contributed by atoms with Gasteiger partial charge < -0.3 is 5.32 Å². The van der Waals surface area contributed by atoms with Gasteiger partial charge in [0.2, 0.25) is 0 Å². The second-order valence-corrected chi connectivity index (χ2v) is 5.91. The van der Waals surface area contributed by atoms with Crippen LogP contribution in [0.15, 0.2) is 30.3 Å². The van der Waals surface area contributed by atoms with Gasteiger partial charge in [0, 0.05) is 30.6 Å². The summed E-state index contributed by atoms with van der Waals surface area (Å²) >= 11 is 0. The Labute approximate surface area is 127 Å². The van der Waals surface area contributed by atoms with Gasteiger partial charge in [-0.3, -0.25) is 4.68 Å². The molecule has 0 radical (unpaired) electrons. The highest BCUT2D eigenvalue weighted by Crippen LogP contribution is 2.38. The number of hydrogen-bond donors (Lipinski definition) is 1. The predicted octanol–water partition coefficient (Wildman–Crippen LogP) is 2.94. The van der Waals surface area contributed by atoms with Gasteiger partial charge in [-0.1, -0.05) is 31.2 Å². The average Bonchev–Trinajstić information content (AvgIpc) is 2.89. The SMILES string of the molecule is CCc1cc(CC(NC)C2Cc3ccccc32)n(CC)n1. The summed E-state index contributed by atoms with van der Waals surface area (Å²) in [4.78, 5) is 0. The average molecular weight is 283 g/mol. The lowest BCUT2D eigenvalue weighted by Gasteiger charge is -2.36. The van der Waals surface area contributed by atoms with Crippen LogP contribution >= 0.6 is 0 Å². The molecule has 3 rings (SSSR count). The minimum absolute atomic E-state index is 0.492. The van der Waals surface area contributed by atoms with Crippen LogP contribution in [0.1, 0.15) is 42.3 Å². The van der Waals surface area contributed by atoms with Crippen LogP contribution in [0.3, 0.4) is 0 Å². The van der Waals surface area contributed by atoms with Crippen molar-refractivity contribution in [1.29, 1.82) is 0 Å². The Morgan fingerprint density at radius 2 is 2.14 bits per heavy atom. The third kappa shape index (κ3) is 2.62. The lowest BCUT2D eigenvalue weighted by atomic mass is 9.72. The van der Waals surface area contributed by atoms with Crippen LogP contribution in [0, 0.1) is 0 Å². The van der Waals surface area contributed by atoms with Gasteiger partial charge in [0.15, 0.2) is 0 Å². The molecule has 0 fully saturated rings. The van der Waals surface area contributed by atoms with Crippen LogP contribution in [0.25, 0.3) is 0 Å². The van der Waals surface area contributed by atoms with Crippen LogP contribution < -0.4 is 5.32 Å². The predicted molar refractivity (Wildman–Crippen MR) is 86.7 cm³/mol. The van der Waals surface area contributed by atoms with Crippen LogP contribution in [0.4, 0.5) is 0 Å². The fourth-order valence-electron chi connectivity index (χ4n) is 3.45. The van der Waals surface area contributed by atoms with E-state index in [-0.39, 0.29) is 0 Å². The Bertz CT molecular complexity index is 615. The van der Waals surface area contributed by atoms with E-state index in [1.54, 1.807) is 0 Å². The van der Waals surface area contributed by atoms with Gasteiger partial charge in [-0.15, -0.1) is 0 Å². The number of aromatic nitrogens is 2. The number of benzene rings is 1. The lowest BCUT2D eigenvalue weighted by molar-refractivity contribution is 0.411. The lowest BCUT2D eigenvalue weighted by Crippen LogP contribution is -2.40. The highest BCUT2D eigenvalue weighted by Gasteiger charge is 2.32. The van der Waals surface area contributed by atoms with E-state index >= 15 is 0 Å². The first kappa shape index (κ1) is 14.3. The summed E-state index contributed by atoms with van der Waals surface area (Å²) in [5.74, 6) is 0.636.